The van der Waals surface area contributed by atoms with Gasteiger partial charge in [0.1, 0.15) is 18.4 Å². The van der Waals surface area contributed by atoms with Crippen LogP contribution in [-0.2, 0) is 42.3 Å². The molecule has 0 aromatic rings. The summed E-state index contributed by atoms with van der Waals surface area (Å²) >= 11 is 0. The van der Waals surface area contributed by atoms with Crippen LogP contribution in [0.25, 0.3) is 0 Å². The first-order valence-electron chi connectivity index (χ1n) is 24.1. The van der Waals surface area contributed by atoms with Crippen LogP contribution in [0.1, 0.15) is 187 Å². The summed E-state index contributed by atoms with van der Waals surface area (Å²) in [7, 11) is -4.78. The first-order chi connectivity index (χ1) is 30.3. The molecule has 6 N–H and O–H groups in total. The number of rotatable bonds is 41. The van der Waals surface area contributed by atoms with E-state index in [0.29, 0.717) is 32.1 Å². The van der Waals surface area contributed by atoms with Gasteiger partial charge in [-0.25, -0.2) is 4.57 Å². The van der Waals surface area contributed by atoms with Gasteiger partial charge in [-0.1, -0.05) is 147 Å². The van der Waals surface area contributed by atoms with Gasteiger partial charge in [0, 0.05) is 31.1 Å². The van der Waals surface area contributed by atoms with Gasteiger partial charge in [0.05, 0.1) is 25.4 Å². The zero-order valence-corrected chi connectivity index (χ0v) is 39.5. The summed E-state index contributed by atoms with van der Waals surface area (Å²) in [6.07, 6.45) is 33.9. The van der Waals surface area contributed by atoms with E-state index in [9.17, 15) is 38.8 Å². The third kappa shape index (κ3) is 31.7. The first kappa shape index (κ1) is 58.3. The fourth-order valence-electron chi connectivity index (χ4n) is 7.40. The van der Waals surface area contributed by atoms with Crippen LogP contribution in [0, 0.1) is 11.8 Å². The predicted octanol–water partition coefficient (Wildman–Crippen LogP) is 9.76. The lowest BCUT2D eigenvalue weighted by atomic mass is 9.88. The van der Waals surface area contributed by atoms with E-state index >= 15 is 0 Å². The molecule has 0 saturated heterocycles. The highest BCUT2D eigenvalue weighted by molar-refractivity contribution is 7.47. The molecule has 0 bridgehead atoms. The number of carbonyl (C=O) groups is 4. The number of hydrogen-bond acceptors (Lipinski definition) is 12. The average molecular weight is 914 g/mol. The summed E-state index contributed by atoms with van der Waals surface area (Å²) < 4.78 is 32.8. The van der Waals surface area contributed by atoms with E-state index < -0.39 is 69.9 Å². The SMILES string of the molecule is CCCCC/C=C\C/C=C\CCCCCCCCCCCC(=O)O[C@H](COC(=O)CCCCCC[C@H]1C(=O)C[C@@H](O)[C@@H]1/C=C/[C@@H](O)CCCCC)COP(=O)(O)OC[C@H](N)C(=O)O. The van der Waals surface area contributed by atoms with Crippen LogP contribution in [0.15, 0.2) is 36.5 Å². The van der Waals surface area contributed by atoms with Gasteiger partial charge in [0.15, 0.2) is 6.10 Å². The Morgan fingerprint density at radius 3 is 1.90 bits per heavy atom. The number of nitrogens with two attached hydrogens (primary N) is 1. The monoisotopic (exact) mass is 914 g/mol. The summed E-state index contributed by atoms with van der Waals surface area (Å²) in [5.41, 5.74) is 5.34. The molecule has 0 aromatic carbocycles. The average Bonchev–Trinajstić information content (AvgIpc) is 3.52. The van der Waals surface area contributed by atoms with Crippen molar-refractivity contribution < 1.29 is 62.5 Å². The van der Waals surface area contributed by atoms with Crippen LogP contribution >= 0.6 is 7.82 Å². The van der Waals surface area contributed by atoms with Gasteiger partial charge in [-0.2, -0.15) is 0 Å². The van der Waals surface area contributed by atoms with Crippen molar-refractivity contribution in [1.29, 1.82) is 0 Å². The van der Waals surface area contributed by atoms with Crippen LogP contribution in [-0.4, -0.2) is 88.1 Å². The summed E-state index contributed by atoms with van der Waals surface area (Å²) in [4.78, 5) is 58.9. The van der Waals surface area contributed by atoms with E-state index in [-0.39, 0.29) is 36.9 Å². The number of Topliss-reactive ketones (excluding diaryl/α,β-unsaturated/α-hetero) is 1. The van der Waals surface area contributed by atoms with Gasteiger partial charge in [-0.3, -0.25) is 28.2 Å². The molecular formula is C48H84NO13P. The Morgan fingerprint density at radius 2 is 1.29 bits per heavy atom. The molecule has 0 aliphatic heterocycles. The topological polar surface area (TPSA) is 229 Å². The van der Waals surface area contributed by atoms with Crippen LogP contribution in [0.2, 0.25) is 0 Å². The zero-order valence-electron chi connectivity index (χ0n) is 38.6. The summed E-state index contributed by atoms with van der Waals surface area (Å²) in [5, 5.41) is 29.7. The highest BCUT2D eigenvalue weighted by Gasteiger charge is 2.39. The fraction of sp³-hybridized carbons (Fsp3) is 0.792. The third-order valence-electron chi connectivity index (χ3n) is 11.3. The minimum absolute atomic E-state index is 0.0242. The number of phosphoric acid groups is 1. The van der Waals surface area contributed by atoms with Crippen molar-refractivity contribution in [2.45, 2.75) is 212 Å². The molecule has 15 heteroatoms. The van der Waals surface area contributed by atoms with E-state index in [1.54, 1.807) is 12.2 Å². The third-order valence-corrected chi connectivity index (χ3v) is 12.2. The Labute approximate surface area is 378 Å². The lowest BCUT2D eigenvalue weighted by Gasteiger charge is -2.20. The number of phosphoric ester groups is 1. The van der Waals surface area contributed by atoms with Crippen molar-refractivity contribution >= 4 is 31.5 Å². The molecule has 14 nitrogen and oxygen atoms in total. The Hall–Kier alpha value is -2.71. The lowest BCUT2D eigenvalue weighted by molar-refractivity contribution is -0.161. The van der Waals surface area contributed by atoms with Crippen LogP contribution in [0.5, 0.6) is 0 Å². The molecule has 0 aromatic heterocycles. The van der Waals surface area contributed by atoms with Crippen molar-refractivity contribution in [2.75, 3.05) is 19.8 Å². The number of carbonyl (C=O) groups excluding carboxylic acids is 3. The number of ether oxygens (including phenoxy) is 2. The zero-order chi connectivity index (χ0) is 46.6. The standard InChI is InChI=1S/C48H84NO13P/c1-3-5-7-8-9-10-11-12-13-14-15-16-17-18-19-20-21-22-28-32-47(54)62-40(37-60-63(57,58)61-38-43(49)48(55)56)36-59-46(53)31-27-24-23-26-30-41-42(45(52)35-44(41)51)34-33-39(50)29-25-6-4-2/h9-10,12-13,33-34,39-43,45,50,52H,3-8,11,14-32,35-38,49H2,1-2H3,(H,55,56)(H,57,58)/b10-9-,13-12-,34-33+/t39-,40+,41+,42+,43-,45+/m0/s1. The molecule has 1 fully saturated rings. The largest absolute Gasteiger partial charge is 0.480 e. The molecule has 0 heterocycles. The van der Waals surface area contributed by atoms with Crippen molar-refractivity contribution in [1.82, 2.24) is 0 Å². The van der Waals surface area contributed by atoms with E-state index in [1.807, 2.05) is 0 Å². The number of carboxylic acid groups (broad SMARTS) is 1. The number of aliphatic hydroxyl groups excluding tert-OH is 2. The molecule has 7 atom stereocenters. The Bertz CT molecular complexity index is 1370. The summed E-state index contributed by atoms with van der Waals surface area (Å²) in [5.74, 6) is -3.17. The number of carboxylic acids is 1. The smallest absolute Gasteiger partial charge is 0.472 e. The number of ketones is 1. The molecule has 364 valence electrons. The van der Waals surface area contributed by atoms with Crippen LogP contribution < -0.4 is 5.73 Å². The Morgan fingerprint density at radius 1 is 0.746 bits per heavy atom. The highest BCUT2D eigenvalue weighted by Crippen LogP contribution is 2.43. The summed E-state index contributed by atoms with van der Waals surface area (Å²) in [6.45, 7) is 2.45. The number of allylic oxidation sites excluding steroid dienone is 4. The molecule has 0 spiro atoms. The van der Waals surface area contributed by atoms with Gasteiger partial charge in [0.2, 0.25) is 0 Å². The van der Waals surface area contributed by atoms with Crippen LogP contribution in [0.4, 0.5) is 0 Å². The van der Waals surface area contributed by atoms with Gasteiger partial charge < -0.3 is 35.4 Å². The molecular weight excluding hydrogens is 829 g/mol. The van der Waals surface area contributed by atoms with E-state index in [1.165, 1.54) is 51.4 Å². The van der Waals surface area contributed by atoms with Crippen LogP contribution in [0.3, 0.4) is 0 Å². The second-order valence-electron chi connectivity index (χ2n) is 17.0. The Kier molecular flexibility index (Phi) is 34.7. The predicted molar refractivity (Wildman–Crippen MR) is 246 cm³/mol. The lowest BCUT2D eigenvalue weighted by Crippen LogP contribution is -2.34. The van der Waals surface area contributed by atoms with Gasteiger partial charge in [-0.05, 0) is 57.8 Å². The fourth-order valence-corrected chi connectivity index (χ4v) is 8.18. The number of hydrogen-bond donors (Lipinski definition) is 5. The van der Waals surface area contributed by atoms with E-state index in [0.717, 1.165) is 70.6 Å². The number of aliphatic hydroxyl groups is 2. The summed E-state index contributed by atoms with van der Waals surface area (Å²) in [6, 6.07) is -1.56. The van der Waals surface area contributed by atoms with Crippen molar-refractivity contribution in [3.63, 3.8) is 0 Å². The minimum atomic E-state index is -4.78. The molecule has 0 amide bonds. The highest BCUT2D eigenvalue weighted by atomic mass is 31.2. The molecule has 1 aliphatic rings. The van der Waals surface area contributed by atoms with Gasteiger partial charge in [-0.15, -0.1) is 0 Å². The molecule has 1 aliphatic carbocycles. The molecule has 63 heavy (non-hydrogen) atoms. The number of unbranched alkanes of at least 4 members (excludes halogenated alkanes) is 17. The van der Waals surface area contributed by atoms with Gasteiger partial charge >= 0.3 is 25.7 Å². The minimum Gasteiger partial charge on any atom is -0.480 e. The number of aliphatic carboxylic acids is 1. The number of esters is 2. The second-order valence-corrected chi connectivity index (χ2v) is 18.5. The quantitative estimate of drug-likeness (QED) is 0.0166. The molecule has 1 rings (SSSR count). The molecule has 1 saturated carbocycles. The van der Waals surface area contributed by atoms with Crippen molar-refractivity contribution in [3.8, 4) is 0 Å². The van der Waals surface area contributed by atoms with Crippen molar-refractivity contribution in [3.05, 3.63) is 36.5 Å². The molecule has 0 radical (unpaired) electrons. The maximum atomic E-state index is 12.7. The normalized spacial score (nSPS) is 19.2. The second kappa shape index (κ2) is 37.5. The van der Waals surface area contributed by atoms with E-state index in [4.69, 9.17) is 24.8 Å². The first-order valence-corrected chi connectivity index (χ1v) is 25.6. The maximum absolute atomic E-state index is 12.7. The maximum Gasteiger partial charge on any atom is 0.472 e. The van der Waals surface area contributed by atoms with E-state index in [2.05, 4.69) is 42.7 Å². The van der Waals surface area contributed by atoms with Crippen molar-refractivity contribution in [2.24, 2.45) is 17.6 Å². The molecule has 1 unspecified atom stereocenters. The Balaban J connectivity index is 2.41. The van der Waals surface area contributed by atoms with Gasteiger partial charge in [0.25, 0.3) is 0 Å².